The monoisotopic (exact) mass is 375 g/mol. The molecule has 27 heavy (non-hydrogen) atoms. The Bertz CT molecular complexity index is 583. The first-order chi connectivity index (χ1) is 13.2. The van der Waals surface area contributed by atoms with Gasteiger partial charge in [-0.1, -0.05) is 20.3 Å². The van der Waals surface area contributed by atoms with Crippen molar-refractivity contribution in [3.63, 3.8) is 0 Å². The first-order valence-corrected chi connectivity index (χ1v) is 10.2. The predicted octanol–water partition coefficient (Wildman–Crippen LogP) is 2.54. The van der Waals surface area contributed by atoms with Crippen molar-refractivity contribution in [2.24, 2.45) is 0 Å². The third-order valence-corrected chi connectivity index (χ3v) is 4.71. The van der Waals surface area contributed by atoms with Crippen LogP contribution in [0.5, 0.6) is 5.75 Å². The second-order valence-corrected chi connectivity index (χ2v) is 6.90. The van der Waals surface area contributed by atoms with Gasteiger partial charge in [-0.25, -0.2) is 0 Å². The number of hydrogen-bond acceptors (Lipinski definition) is 4. The second-order valence-electron chi connectivity index (χ2n) is 6.90. The van der Waals surface area contributed by atoms with Crippen LogP contribution in [0.3, 0.4) is 0 Å². The van der Waals surface area contributed by atoms with E-state index in [9.17, 15) is 9.59 Å². The number of piperazine rings is 1. The molecule has 1 heterocycles. The largest absolute Gasteiger partial charge is 0.494 e. The van der Waals surface area contributed by atoms with Gasteiger partial charge in [0.25, 0.3) is 5.91 Å². The molecule has 0 bridgehead atoms. The minimum absolute atomic E-state index is 0.0231. The van der Waals surface area contributed by atoms with Crippen LogP contribution in [0.4, 0.5) is 0 Å². The summed E-state index contributed by atoms with van der Waals surface area (Å²) in [5.41, 5.74) is 0.640. The third-order valence-electron chi connectivity index (χ3n) is 4.71. The highest BCUT2D eigenvalue weighted by molar-refractivity contribution is 5.94. The minimum atomic E-state index is -0.0231. The smallest absolute Gasteiger partial charge is 0.253 e. The molecule has 1 aromatic rings. The van der Waals surface area contributed by atoms with Crippen molar-refractivity contribution < 1.29 is 14.3 Å². The number of nitrogens with one attached hydrogen (secondary N) is 1. The molecule has 0 aliphatic carbocycles. The summed E-state index contributed by atoms with van der Waals surface area (Å²) < 4.78 is 5.66. The fourth-order valence-electron chi connectivity index (χ4n) is 3.10. The first kappa shape index (κ1) is 21.2. The van der Waals surface area contributed by atoms with Gasteiger partial charge in [-0.15, -0.1) is 0 Å². The molecule has 2 rings (SSSR count). The van der Waals surface area contributed by atoms with Gasteiger partial charge in [0, 0.05) is 51.3 Å². The van der Waals surface area contributed by atoms with Gasteiger partial charge in [0.2, 0.25) is 5.91 Å². The number of carbonyl (C=O) groups excluding carboxylic acids is 2. The summed E-state index contributed by atoms with van der Waals surface area (Å²) in [5.74, 6) is 0.895. The molecule has 150 valence electrons. The maximum atomic E-state index is 12.8. The van der Waals surface area contributed by atoms with Crippen LogP contribution in [0.2, 0.25) is 0 Å². The second kappa shape index (κ2) is 11.6. The Morgan fingerprint density at radius 3 is 2.41 bits per heavy atom. The molecule has 0 radical (unpaired) electrons. The van der Waals surface area contributed by atoms with E-state index < -0.39 is 0 Å². The minimum Gasteiger partial charge on any atom is -0.494 e. The first-order valence-electron chi connectivity index (χ1n) is 10.2. The molecule has 6 heteroatoms. The zero-order valence-corrected chi connectivity index (χ0v) is 16.7. The molecular weight excluding hydrogens is 342 g/mol. The molecule has 0 saturated carbocycles. The van der Waals surface area contributed by atoms with Crippen LogP contribution >= 0.6 is 0 Å². The van der Waals surface area contributed by atoms with Crippen LogP contribution in [0.15, 0.2) is 24.3 Å². The van der Waals surface area contributed by atoms with Gasteiger partial charge >= 0.3 is 0 Å². The topological polar surface area (TPSA) is 61.9 Å². The maximum absolute atomic E-state index is 12.8. The van der Waals surface area contributed by atoms with Crippen LogP contribution in [0.1, 0.15) is 49.9 Å². The summed E-state index contributed by atoms with van der Waals surface area (Å²) in [6.45, 7) is 9.17. The Hall–Kier alpha value is -2.08. The molecule has 0 unspecified atom stereocenters. The van der Waals surface area contributed by atoms with E-state index in [1.807, 2.05) is 36.1 Å². The average Bonchev–Trinajstić information content (AvgIpc) is 2.71. The van der Waals surface area contributed by atoms with Gasteiger partial charge < -0.3 is 19.9 Å². The van der Waals surface area contributed by atoms with E-state index in [1.165, 1.54) is 0 Å². The lowest BCUT2D eigenvalue weighted by Crippen LogP contribution is -2.47. The van der Waals surface area contributed by atoms with E-state index in [0.717, 1.165) is 51.2 Å². The molecule has 0 atom stereocenters. The lowest BCUT2D eigenvalue weighted by Gasteiger charge is -2.29. The van der Waals surface area contributed by atoms with E-state index in [4.69, 9.17) is 4.74 Å². The summed E-state index contributed by atoms with van der Waals surface area (Å²) >= 11 is 0. The number of carbonyl (C=O) groups is 2. The van der Waals surface area contributed by atoms with Crippen LogP contribution in [-0.4, -0.2) is 67.5 Å². The van der Waals surface area contributed by atoms with E-state index in [0.29, 0.717) is 31.7 Å². The van der Waals surface area contributed by atoms with Gasteiger partial charge in [-0.3, -0.25) is 9.59 Å². The standard InChI is InChI=1S/C21H33N3O3/c1-3-5-17-27-19-8-6-18(7-9-19)21(26)24(13-4-2)14-10-20(25)23-15-11-22-12-16-23/h6-9,22H,3-5,10-17H2,1-2H3. The highest BCUT2D eigenvalue weighted by Crippen LogP contribution is 2.15. The third kappa shape index (κ3) is 6.86. The van der Waals surface area contributed by atoms with Crippen LogP contribution in [0, 0.1) is 0 Å². The Labute approximate surface area is 162 Å². The Balaban J connectivity index is 1.90. The number of benzene rings is 1. The summed E-state index contributed by atoms with van der Waals surface area (Å²) in [7, 11) is 0. The lowest BCUT2D eigenvalue weighted by atomic mass is 10.1. The van der Waals surface area contributed by atoms with Crippen molar-refractivity contribution in [2.75, 3.05) is 45.9 Å². The number of unbranched alkanes of at least 4 members (excludes halogenated alkanes) is 1. The normalized spacial score (nSPS) is 14.1. The van der Waals surface area contributed by atoms with Crippen LogP contribution in [0.25, 0.3) is 0 Å². The Morgan fingerprint density at radius 1 is 1.07 bits per heavy atom. The molecule has 1 aliphatic rings. The lowest BCUT2D eigenvalue weighted by molar-refractivity contribution is -0.131. The van der Waals surface area contributed by atoms with Crippen LogP contribution in [-0.2, 0) is 4.79 Å². The quantitative estimate of drug-likeness (QED) is 0.639. The molecule has 1 saturated heterocycles. The number of nitrogens with zero attached hydrogens (tertiary/aromatic N) is 2. The van der Waals surface area contributed by atoms with E-state index >= 15 is 0 Å². The van der Waals surface area contributed by atoms with Crippen molar-refractivity contribution in [3.8, 4) is 5.75 Å². The van der Waals surface area contributed by atoms with Crippen LogP contribution < -0.4 is 10.1 Å². The number of ether oxygens (including phenoxy) is 1. The van der Waals surface area contributed by atoms with Gasteiger partial charge in [0.15, 0.2) is 0 Å². The van der Waals surface area contributed by atoms with E-state index in [2.05, 4.69) is 12.2 Å². The van der Waals surface area contributed by atoms with Crippen molar-refractivity contribution in [3.05, 3.63) is 29.8 Å². The van der Waals surface area contributed by atoms with Crippen molar-refractivity contribution in [1.29, 1.82) is 0 Å². The van der Waals surface area contributed by atoms with Gasteiger partial charge in [0.05, 0.1) is 6.61 Å². The Morgan fingerprint density at radius 2 is 1.78 bits per heavy atom. The number of hydrogen-bond donors (Lipinski definition) is 1. The summed E-state index contributed by atoms with van der Waals surface area (Å²) in [4.78, 5) is 28.9. The molecule has 0 spiro atoms. The average molecular weight is 376 g/mol. The summed E-state index contributed by atoms with van der Waals surface area (Å²) in [6.07, 6.45) is 3.36. The molecule has 0 aromatic heterocycles. The Kier molecular flexibility index (Phi) is 9.11. The van der Waals surface area contributed by atoms with Gasteiger partial charge in [-0.2, -0.15) is 0 Å². The van der Waals surface area contributed by atoms with Gasteiger partial charge in [0.1, 0.15) is 5.75 Å². The van der Waals surface area contributed by atoms with Gasteiger partial charge in [-0.05, 0) is 37.1 Å². The fourth-order valence-corrected chi connectivity index (χ4v) is 3.10. The number of amides is 2. The highest BCUT2D eigenvalue weighted by Gasteiger charge is 2.20. The van der Waals surface area contributed by atoms with E-state index in [1.54, 1.807) is 4.90 Å². The molecule has 1 aromatic carbocycles. The maximum Gasteiger partial charge on any atom is 0.253 e. The SMILES string of the molecule is CCCCOc1ccc(C(=O)N(CCC)CCC(=O)N2CCNCC2)cc1. The van der Waals surface area contributed by atoms with Crippen molar-refractivity contribution in [1.82, 2.24) is 15.1 Å². The molecule has 1 aliphatic heterocycles. The summed E-state index contributed by atoms with van der Waals surface area (Å²) in [6, 6.07) is 7.31. The molecule has 2 amide bonds. The summed E-state index contributed by atoms with van der Waals surface area (Å²) in [5, 5.41) is 3.25. The highest BCUT2D eigenvalue weighted by atomic mass is 16.5. The molecule has 1 N–H and O–H groups in total. The van der Waals surface area contributed by atoms with Crippen molar-refractivity contribution >= 4 is 11.8 Å². The predicted molar refractivity (Wildman–Crippen MR) is 107 cm³/mol. The van der Waals surface area contributed by atoms with E-state index in [-0.39, 0.29) is 11.8 Å². The molecule has 6 nitrogen and oxygen atoms in total. The van der Waals surface area contributed by atoms with Crippen molar-refractivity contribution in [2.45, 2.75) is 39.5 Å². The number of rotatable bonds is 10. The molecule has 1 fully saturated rings. The zero-order chi connectivity index (χ0) is 19.5. The zero-order valence-electron chi connectivity index (χ0n) is 16.7. The molecular formula is C21H33N3O3. The fraction of sp³-hybridized carbons (Fsp3) is 0.619.